The second-order valence-corrected chi connectivity index (χ2v) is 7.27. The van der Waals surface area contributed by atoms with E-state index in [-0.39, 0.29) is 11.9 Å². The minimum absolute atomic E-state index is 0.0528. The van der Waals surface area contributed by atoms with E-state index < -0.39 is 0 Å². The summed E-state index contributed by atoms with van der Waals surface area (Å²) >= 11 is 1.70. The number of hydrogen-bond donors (Lipinski definition) is 1. The Morgan fingerprint density at radius 1 is 1.32 bits per heavy atom. The van der Waals surface area contributed by atoms with E-state index in [0.717, 1.165) is 42.8 Å². The molecule has 0 saturated heterocycles. The van der Waals surface area contributed by atoms with Gasteiger partial charge in [-0.2, -0.15) is 5.10 Å². The van der Waals surface area contributed by atoms with Crippen molar-refractivity contribution in [3.05, 3.63) is 64.2 Å². The fourth-order valence-corrected chi connectivity index (χ4v) is 4.05. The molecule has 0 aliphatic heterocycles. The predicted molar refractivity (Wildman–Crippen MR) is 97.8 cm³/mol. The van der Waals surface area contributed by atoms with Gasteiger partial charge in [0.05, 0.1) is 17.9 Å². The number of carbonyl (C=O) groups excluding carboxylic acids is 1. The van der Waals surface area contributed by atoms with Crippen molar-refractivity contribution in [3.63, 3.8) is 0 Å². The maximum absolute atomic E-state index is 12.3. The Labute approximate surface area is 150 Å². The molecule has 128 valence electrons. The first kappa shape index (κ1) is 16.0. The lowest BCUT2D eigenvalue weighted by atomic mass is 9.93. The van der Waals surface area contributed by atoms with E-state index in [1.54, 1.807) is 17.5 Å². The molecule has 1 aliphatic carbocycles. The standard InChI is InChI=1S/C19H20N4OS/c24-19(10-9-14-5-4-12-25-14)22-16-6-3-7-17-15(16)13-21-23(17)18-8-1-2-11-20-18/h1-2,4-5,8,11-13,16H,3,6-7,9-10H2,(H,22,24). The third kappa shape index (κ3) is 3.49. The molecule has 4 rings (SSSR count). The van der Waals surface area contributed by atoms with Crippen molar-refractivity contribution in [1.82, 2.24) is 20.1 Å². The number of pyridine rings is 1. The van der Waals surface area contributed by atoms with E-state index in [1.165, 1.54) is 4.88 Å². The van der Waals surface area contributed by atoms with Crippen LogP contribution in [-0.4, -0.2) is 20.7 Å². The highest BCUT2D eigenvalue weighted by Gasteiger charge is 2.26. The van der Waals surface area contributed by atoms with Crippen molar-refractivity contribution in [3.8, 4) is 5.82 Å². The predicted octanol–water partition coefficient (Wildman–Crippen LogP) is 3.46. The van der Waals surface area contributed by atoms with Gasteiger partial charge >= 0.3 is 0 Å². The number of nitrogens with zero attached hydrogens (tertiary/aromatic N) is 3. The number of thiophene rings is 1. The van der Waals surface area contributed by atoms with Crippen LogP contribution in [0.25, 0.3) is 5.82 Å². The molecule has 25 heavy (non-hydrogen) atoms. The fraction of sp³-hybridized carbons (Fsp3) is 0.316. The summed E-state index contributed by atoms with van der Waals surface area (Å²) in [5.74, 6) is 0.935. The first-order valence-electron chi connectivity index (χ1n) is 8.61. The lowest BCUT2D eigenvalue weighted by molar-refractivity contribution is -0.121. The number of fused-ring (bicyclic) bond motifs is 1. The Bertz CT molecular complexity index is 842. The zero-order valence-electron chi connectivity index (χ0n) is 13.9. The molecule has 3 aromatic heterocycles. The van der Waals surface area contributed by atoms with Crippen LogP contribution in [0, 0.1) is 0 Å². The minimum Gasteiger partial charge on any atom is -0.349 e. The van der Waals surface area contributed by atoms with Crippen molar-refractivity contribution >= 4 is 17.2 Å². The van der Waals surface area contributed by atoms with Crippen LogP contribution in [0.1, 0.15) is 41.4 Å². The third-order valence-corrected chi connectivity index (χ3v) is 5.50. The number of nitrogens with one attached hydrogen (secondary N) is 1. The Kier molecular flexibility index (Phi) is 4.61. The summed E-state index contributed by atoms with van der Waals surface area (Å²) in [5.41, 5.74) is 2.29. The van der Waals surface area contributed by atoms with Crippen molar-refractivity contribution in [1.29, 1.82) is 0 Å². The average Bonchev–Trinajstić information content (AvgIpc) is 3.31. The molecule has 0 aromatic carbocycles. The highest BCUT2D eigenvalue weighted by molar-refractivity contribution is 7.09. The van der Waals surface area contributed by atoms with E-state index in [0.29, 0.717) is 6.42 Å². The quantitative estimate of drug-likeness (QED) is 0.765. The Morgan fingerprint density at radius 2 is 2.28 bits per heavy atom. The van der Waals surface area contributed by atoms with Crippen LogP contribution in [0.2, 0.25) is 0 Å². The van der Waals surface area contributed by atoms with Crippen LogP contribution in [-0.2, 0) is 17.6 Å². The Hall–Kier alpha value is -2.47. The van der Waals surface area contributed by atoms with Crippen molar-refractivity contribution < 1.29 is 4.79 Å². The van der Waals surface area contributed by atoms with Gasteiger partial charge in [-0.25, -0.2) is 9.67 Å². The summed E-state index contributed by atoms with van der Waals surface area (Å²) in [6.45, 7) is 0. The molecule has 1 amide bonds. The minimum atomic E-state index is 0.0528. The van der Waals surface area contributed by atoms with Gasteiger partial charge < -0.3 is 5.32 Å². The largest absolute Gasteiger partial charge is 0.349 e. The number of hydrogen-bond acceptors (Lipinski definition) is 4. The first-order valence-corrected chi connectivity index (χ1v) is 9.49. The molecule has 3 heterocycles. The lowest BCUT2D eigenvalue weighted by Crippen LogP contribution is -2.31. The summed E-state index contributed by atoms with van der Waals surface area (Å²) in [5, 5.41) is 9.76. The number of rotatable bonds is 5. The molecule has 1 unspecified atom stereocenters. The van der Waals surface area contributed by atoms with E-state index in [9.17, 15) is 4.79 Å². The molecular weight excluding hydrogens is 332 g/mol. The van der Waals surface area contributed by atoms with Gasteiger partial charge in [-0.15, -0.1) is 11.3 Å². The average molecular weight is 352 g/mol. The van der Waals surface area contributed by atoms with E-state index in [1.807, 2.05) is 40.5 Å². The molecule has 1 N–H and O–H groups in total. The molecule has 6 heteroatoms. The summed E-state index contributed by atoms with van der Waals surface area (Å²) < 4.78 is 1.90. The van der Waals surface area contributed by atoms with Crippen molar-refractivity contribution in [2.75, 3.05) is 0 Å². The molecular formula is C19H20N4OS. The molecule has 5 nitrogen and oxygen atoms in total. The molecule has 3 aromatic rings. The second-order valence-electron chi connectivity index (χ2n) is 6.24. The zero-order valence-corrected chi connectivity index (χ0v) is 14.7. The number of carbonyl (C=O) groups is 1. The number of aromatic nitrogens is 3. The van der Waals surface area contributed by atoms with E-state index in [2.05, 4.69) is 21.5 Å². The molecule has 0 spiro atoms. The van der Waals surface area contributed by atoms with Crippen LogP contribution in [0.4, 0.5) is 0 Å². The maximum atomic E-state index is 12.3. The molecule has 1 atom stereocenters. The number of amides is 1. The number of aryl methyl sites for hydroxylation is 1. The van der Waals surface area contributed by atoms with Gasteiger partial charge in [-0.05, 0) is 49.3 Å². The van der Waals surface area contributed by atoms with Crippen LogP contribution >= 0.6 is 11.3 Å². The highest BCUT2D eigenvalue weighted by Crippen LogP contribution is 2.30. The van der Waals surface area contributed by atoms with Gasteiger partial charge in [0.2, 0.25) is 5.91 Å². The summed E-state index contributed by atoms with van der Waals surface area (Å²) in [4.78, 5) is 18.0. The van der Waals surface area contributed by atoms with Gasteiger partial charge in [0.15, 0.2) is 5.82 Å². The van der Waals surface area contributed by atoms with Crippen LogP contribution < -0.4 is 5.32 Å². The Balaban J connectivity index is 1.47. The Morgan fingerprint density at radius 3 is 3.08 bits per heavy atom. The van der Waals surface area contributed by atoms with Crippen LogP contribution in [0.3, 0.4) is 0 Å². The van der Waals surface area contributed by atoms with Crippen molar-refractivity contribution in [2.45, 2.75) is 38.1 Å². The van der Waals surface area contributed by atoms with Crippen LogP contribution in [0.5, 0.6) is 0 Å². The van der Waals surface area contributed by atoms with Gasteiger partial charge in [-0.3, -0.25) is 4.79 Å². The summed E-state index contributed by atoms with van der Waals surface area (Å²) in [7, 11) is 0. The smallest absolute Gasteiger partial charge is 0.220 e. The fourth-order valence-electron chi connectivity index (χ4n) is 3.34. The van der Waals surface area contributed by atoms with Crippen molar-refractivity contribution in [2.24, 2.45) is 0 Å². The van der Waals surface area contributed by atoms with Crippen LogP contribution in [0.15, 0.2) is 48.1 Å². The van der Waals surface area contributed by atoms with E-state index in [4.69, 9.17) is 0 Å². The van der Waals surface area contributed by atoms with Gasteiger partial charge in [0.1, 0.15) is 0 Å². The summed E-state index contributed by atoms with van der Waals surface area (Å²) in [6, 6.07) is 9.97. The molecule has 0 fully saturated rings. The third-order valence-electron chi connectivity index (χ3n) is 4.56. The normalized spacial score (nSPS) is 16.4. The molecule has 0 radical (unpaired) electrons. The second kappa shape index (κ2) is 7.19. The summed E-state index contributed by atoms with van der Waals surface area (Å²) in [6.07, 6.45) is 7.96. The highest BCUT2D eigenvalue weighted by atomic mass is 32.1. The van der Waals surface area contributed by atoms with Gasteiger partial charge in [0, 0.05) is 23.1 Å². The monoisotopic (exact) mass is 352 g/mol. The maximum Gasteiger partial charge on any atom is 0.220 e. The lowest BCUT2D eigenvalue weighted by Gasteiger charge is -2.24. The first-order chi connectivity index (χ1) is 12.3. The SMILES string of the molecule is O=C(CCc1cccs1)NC1CCCc2c1cnn2-c1ccccn1. The molecule has 0 bridgehead atoms. The zero-order chi connectivity index (χ0) is 17.1. The molecule has 0 saturated carbocycles. The van der Waals surface area contributed by atoms with E-state index >= 15 is 0 Å². The molecule has 1 aliphatic rings. The van der Waals surface area contributed by atoms with Gasteiger partial charge in [-0.1, -0.05) is 12.1 Å². The topological polar surface area (TPSA) is 59.8 Å². The van der Waals surface area contributed by atoms with Gasteiger partial charge in [0.25, 0.3) is 0 Å².